The minimum atomic E-state index is -0.311. The number of ether oxygens (including phenoxy) is 1. The molecule has 2 N–H and O–H groups in total. The third-order valence-electron chi connectivity index (χ3n) is 4.72. The van der Waals surface area contributed by atoms with Crippen LogP contribution in [0.1, 0.15) is 21.7 Å². The van der Waals surface area contributed by atoms with E-state index in [1.165, 1.54) is 22.7 Å². The third kappa shape index (κ3) is 3.64. The van der Waals surface area contributed by atoms with Gasteiger partial charge >= 0.3 is 0 Å². The van der Waals surface area contributed by atoms with Gasteiger partial charge in [-0.3, -0.25) is 9.59 Å². The van der Waals surface area contributed by atoms with Gasteiger partial charge in [0.2, 0.25) is 0 Å². The number of amides is 2. The van der Waals surface area contributed by atoms with Crippen LogP contribution < -0.4 is 15.4 Å². The number of benzene rings is 1. The predicted molar refractivity (Wildman–Crippen MR) is 116 cm³/mol. The van der Waals surface area contributed by atoms with Crippen molar-refractivity contribution >= 4 is 40.2 Å². The molecule has 150 valence electrons. The van der Waals surface area contributed by atoms with Crippen LogP contribution in [0.2, 0.25) is 0 Å². The van der Waals surface area contributed by atoms with E-state index in [9.17, 15) is 9.59 Å². The first-order valence-corrected chi connectivity index (χ1v) is 11.0. The van der Waals surface area contributed by atoms with E-state index in [4.69, 9.17) is 4.74 Å². The van der Waals surface area contributed by atoms with Crippen LogP contribution >= 0.6 is 22.7 Å². The normalized spacial score (nSPS) is 17.1. The lowest BCUT2D eigenvalue weighted by Crippen LogP contribution is -2.25. The molecule has 0 bridgehead atoms. The molecule has 0 saturated carbocycles. The Labute approximate surface area is 180 Å². The fraction of sp³-hybridized carbons (Fsp3) is 0.143. The Kier molecular flexibility index (Phi) is 4.89. The molecule has 0 saturated heterocycles. The summed E-state index contributed by atoms with van der Waals surface area (Å²) in [5.74, 6) is 0.109. The Balaban J connectivity index is 1.29. The number of aromatic nitrogens is 2. The highest BCUT2D eigenvalue weighted by molar-refractivity contribution is 7.20. The summed E-state index contributed by atoms with van der Waals surface area (Å²) in [6.07, 6.45) is 9.39. The van der Waals surface area contributed by atoms with E-state index in [0.29, 0.717) is 35.5 Å². The molecule has 3 heterocycles. The maximum absolute atomic E-state index is 12.6. The van der Waals surface area contributed by atoms with Crippen LogP contribution in [-0.2, 0) is 11.3 Å². The van der Waals surface area contributed by atoms with Crippen molar-refractivity contribution in [3.8, 4) is 15.8 Å². The first kappa shape index (κ1) is 18.7. The molecule has 1 aliphatic carbocycles. The van der Waals surface area contributed by atoms with Crippen molar-refractivity contribution in [2.45, 2.75) is 19.1 Å². The maximum Gasteiger partial charge on any atom is 0.255 e. The van der Waals surface area contributed by atoms with E-state index < -0.39 is 0 Å². The van der Waals surface area contributed by atoms with Crippen molar-refractivity contribution in [3.63, 3.8) is 0 Å². The van der Waals surface area contributed by atoms with Gasteiger partial charge in [0.05, 0.1) is 17.8 Å². The molecule has 0 radical (unpaired) electrons. The Bertz CT molecular complexity index is 1180. The largest absolute Gasteiger partial charge is 0.483 e. The fourth-order valence-corrected chi connectivity index (χ4v) is 4.79. The summed E-state index contributed by atoms with van der Waals surface area (Å²) < 4.78 is 5.99. The number of rotatable bonds is 4. The topological polar surface area (TPSA) is 93.2 Å². The minimum absolute atomic E-state index is 0.208. The van der Waals surface area contributed by atoms with Crippen molar-refractivity contribution in [1.29, 1.82) is 0 Å². The summed E-state index contributed by atoms with van der Waals surface area (Å²) in [5, 5.41) is 9.35. The Hall–Kier alpha value is -3.30. The highest BCUT2D eigenvalue weighted by Gasteiger charge is 2.28. The van der Waals surface area contributed by atoms with Crippen LogP contribution in [0.4, 0.5) is 5.69 Å². The second-order valence-corrected chi connectivity index (χ2v) is 8.72. The number of nitrogens with one attached hydrogen (secondary N) is 2. The second kappa shape index (κ2) is 7.85. The molecule has 1 atom stereocenters. The quantitative estimate of drug-likeness (QED) is 0.649. The molecule has 1 unspecified atom stereocenters. The van der Waals surface area contributed by atoms with Gasteiger partial charge in [0, 0.05) is 34.6 Å². The molecule has 9 heteroatoms. The minimum Gasteiger partial charge on any atom is -0.483 e. The summed E-state index contributed by atoms with van der Waals surface area (Å²) >= 11 is 3.03. The van der Waals surface area contributed by atoms with Crippen LogP contribution in [0, 0.1) is 0 Å². The SMILES string of the molecule is O=C1Nc2cc(C(=O)NCc3cnc(-c4nccs4)s3)ccc2OC2CC=CC=C12. The van der Waals surface area contributed by atoms with Crippen LogP contribution in [0.25, 0.3) is 10.0 Å². The molecular weight excluding hydrogens is 420 g/mol. The first-order valence-electron chi connectivity index (χ1n) is 9.29. The zero-order chi connectivity index (χ0) is 20.5. The predicted octanol–water partition coefficient (Wildman–Crippen LogP) is 3.78. The van der Waals surface area contributed by atoms with E-state index in [-0.39, 0.29) is 17.9 Å². The van der Waals surface area contributed by atoms with E-state index in [2.05, 4.69) is 20.6 Å². The molecule has 5 rings (SSSR count). The molecule has 2 amide bonds. The standard InChI is InChI=1S/C21H16N4O3S2/c26-18(23-10-13-11-24-21(30-13)20-22-7-8-29-20)12-5-6-17-15(9-12)25-19(27)14-3-1-2-4-16(14)28-17/h1-3,5-9,11,16H,4,10H2,(H,23,26)(H,25,27). The van der Waals surface area contributed by atoms with Crippen molar-refractivity contribution < 1.29 is 14.3 Å². The maximum atomic E-state index is 12.6. The van der Waals surface area contributed by atoms with Gasteiger partial charge in [0.1, 0.15) is 11.9 Å². The van der Waals surface area contributed by atoms with Crippen molar-refractivity contribution in [2.75, 3.05) is 5.32 Å². The summed E-state index contributed by atoms with van der Waals surface area (Å²) in [4.78, 5) is 34.7. The number of hydrogen-bond acceptors (Lipinski definition) is 7. The lowest BCUT2D eigenvalue weighted by Gasteiger charge is -2.18. The average molecular weight is 437 g/mol. The van der Waals surface area contributed by atoms with Crippen LogP contribution in [0.5, 0.6) is 5.75 Å². The van der Waals surface area contributed by atoms with E-state index in [1.54, 1.807) is 36.7 Å². The summed E-state index contributed by atoms with van der Waals surface area (Å²) in [5.41, 5.74) is 1.52. The number of fused-ring (bicyclic) bond motifs is 2. The zero-order valence-electron chi connectivity index (χ0n) is 15.6. The molecule has 2 aliphatic rings. The average Bonchev–Trinajstić information content (AvgIpc) is 3.43. The van der Waals surface area contributed by atoms with Crippen molar-refractivity contribution in [2.24, 2.45) is 0 Å². The fourth-order valence-electron chi connectivity index (χ4n) is 3.25. The second-order valence-electron chi connectivity index (χ2n) is 6.71. The molecule has 0 spiro atoms. The lowest BCUT2D eigenvalue weighted by molar-refractivity contribution is -0.113. The molecule has 7 nitrogen and oxygen atoms in total. The lowest BCUT2D eigenvalue weighted by atomic mass is 10.0. The Morgan fingerprint density at radius 1 is 1.30 bits per heavy atom. The molecular formula is C21H16N4O3S2. The van der Waals surface area contributed by atoms with Crippen LogP contribution in [0.15, 0.2) is 59.8 Å². The van der Waals surface area contributed by atoms with Gasteiger partial charge in [-0.25, -0.2) is 9.97 Å². The molecule has 1 aliphatic heterocycles. The highest BCUT2D eigenvalue weighted by Crippen LogP contribution is 2.33. The molecule has 0 fully saturated rings. The number of hydrogen-bond donors (Lipinski definition) is 2. The Morgan fingerprint density at radius 3 is 3.10 bits per heavy atom. The molecule has 1 aromatic carbocycles. The number of carbonyl (C=O) groups excluding carboxylic acids is 2. The van der Waals surface area contributed by atoms with Gasteiger partial charge in [-0.05, 0) is 18.2 Å². The summed E-state index contributed by atoms with van der Waals surface area (Å²) in [6.45, 7) is 0.364. The van der Waals surface area contributed by atoms with Gasteiger partial charge in [-0.1, -0.05) is 18.2 Å². The zero-order valence-corrected chi connectivity index (χ0v) is 17.3. The first-order chi connectivity index (χ1) is 14.7. The number of anilines is 1. The van der Waals surface area contributed by atoms with E-state index in [0.717, 1.165) is 14.9 Å². The highest BCUT2D eigenvalue weighted by atomic mass is 32.1. The van der Waals surface area contributed by atoms with Gasteiger partial charge in [0.15, 0.2) is 10.0 Å². The molecule has 30 heavy (non-hydrogen) atoms. The van der Waals surface area contributed by atoms with Gasteiger partial charge in [-0.2, -0.15) is 0 Å². The summed E-state index contributed by atoms with van der Waals surface area (Å²) in [6, 6.07) is 5.06. The monoisotopic (exact) mass is 436 g/mol. The van der Waals surface area contributed by atoms with Crippen LogP contribution in [-0.4, -0.2) is 27.9 Å². The van der Waals surface area contributed by atoms with Gasteiger partial charge in [0.25, 0.3) is 11.8 Å². The molecule has 3 aromatic rings. The number of carbonyl (C=O) groups is 2. The van der Waals surface area contributed by atoms with Gasteiger partial charge in [-0.15, -0.1) is 22.7 Å². The van der Waals surface area contributed by atoms with Crippen LogP contribution in [0.3, 0.4) is 0 Å². The van der Waals surface area contributed by atoms with E-state index >= 15 is 0 Å². The van der Waals surface area contributed by atoms with Gasteiger partial charge < -0.3 is 15.4 Å². The Morgan fingerprint density at radius 2 is 2.23 bits per heavy atom. The van der Waals surface area contributed by atoms with Crippen molar-refractivity contribution in [1.82, 2.24) is 15.3 Å². The number of thiazole rings is 2. The number of allylic oxidation sites excluding steroid dienone is 2. The summed E-state index contributed by atoms with van der Waals surface area (Å²) in [7, 11) is 0. The number of nitrogens with zero attached hydrogens (tertiary/aromatic N) is 2. The third-order valence-corrected chi connectivity index (χ3v) is 6.64. The van der Waals surface area contributed by atoms with Crippen molar-refractivity contribution in [3.05, 3.63) is 70.2 Å². The smallest absolute Gasteiger partial charge is 0.255 e. The molecule has 2 aromatic heterocycles. The van der Waals surface area contributed by atoms with E-state index in [1.807, 2.05) is 17.5 Å².